The van der Waals surface area contributed by atoms with E-state index in [4.69, 9.17) is 9.57 Å². The highest BCUT2D eigenvalue weighted by molar-refractivity contribution is 7.80. The Morgan fingerprint density at radius 3 is 2.38 bits per heavy atom. The van der Waals surface area contributed by atoms with Crippen molar-refractivity contribution >= 4 is 18.7 Å². The van der Waals surface area contributed by atoms with Crippen LogP contribution in [0.4, 0.5) is 4.79 Å². The summed E-state index contributed by atoms with van der Waals surface area (Å²) < 4.78 is 5.00. The number of carbonyl (C=O) groups excluding carboxylic acids is 1. The maximum atomic E-state index is 11.1. The molecule has 0 atom stereocenters. The zero-order valence-electron chi connectivity index (χ0n) is 10.4. The van der Waals surface area contributed by atoms with E-state index in [0.29, 0.717) is 6.61 Å². The van der Waals surface area contributed by atoms with Crippen LogP contribution in [0.3, 0.4) is 0 Å². The van der Waals surface area contributed by atoms with Crippen molar-refractivity contribution in [1.29, 1.82) is 0 Å². The summed E-state index contributed by atoms with van der Waals surface area (Å²) in [5.41, 5.74) is 1.77. The van der Waals surface area contributed by atoms with Gasteiger partial charge in [-0.1, -0.05) is 12.8 Å². The number of nitrogens with one attached hydrogen (secondary N) is 1. The Morgan fingerprint density at radius 2 is 1.81 bits per heavy atom. The van der Waals surface area contributed by atoms with Crippen molar-refractivity contribution in [2.75, 3.05) is 12.4 Å². The molecule has 5 heteroatoms. The molecule has 0 aromatic heterocycles. The second kappa shape index (κ2) is 8.70. The molecule has 0 fully saturated rings. The number of hydrogen-bond donors (Lipinski definition) is 2. The minimum absolute atomic E-state index is 0.486. The first kappa shape index (κ1) is 15.6. The van der Waals surface area contributed by atoms with Gasteiger partial charge in [-0.2, -0.15) is 18.1 Å². The fourth-order valence-corrected chi connectivity index (χ4v) is 1.27. The van der Waals surface area contributed by atoms with Gasteiger partial charge in [0.15, 0.2) is 0 Å². The molecule has 0 aliphatic carbocycles. The predicted octanol–water partition coefficient (Wildman–Crippen LogP) is 2.93. The second-order valence-electron chi connectivity index (χ2n) is 4.59. The number of rotatable bonds is 7. The first-order valence-electron chi connectivity index (χ1n) is 5.67. The van der Waals surface area contributed by atoms with Crippen LogP contribution < -0.4 is 5.48 Å². The number of carbonyl (C=O) groups is 1. The molecule has 0 saturated carbocycles. The average molecular weight is 249 g/mol. The van der Waals surface area contributed by atoms with Gasteiger partial charge in [0, 0.05) is 0 Å². The van der Waals surface area contributed by atoms with Crippen LogP contribution in [0.15, 0.2) is 0 Å². The van der Waals surface area contributed by atoms with Gasteiger partial charge >= 0.3 is 6.09 Å². The van der Waals surface area contributed by atoms with Crippen LogP contribution in [0.5, 0.6) is 0 Å². The third kappa shape index (κ3) is 11.7. The molecule has 0 aliphatic rings. The van der Waals surface area contributed by atoms with E-state index >= 15 is 0 Å². The minimum atomic E-state index is -0.539. The van der Waals surface area contributed by atoms with Crippen LogP contribution >= 0.6 is 12.6 Å². The molecule has 0 bridgehead atoms. The molecule has 0 aromatic carbocycles. The van der Waals surface area contributed by atoms with Crippen molar-refractivity contribution in [3.05, 3.63) is 0 Å². The summed E-state index contributed by atoms with van der Waals surface area (Å²) in [6, 6.07) is 0. The fraction of sp³-hybridized carbons (Fsp3) is 0.909. The molecular formula is C11H23NO3S. The van der Waals surface area contributed by atoms with Crippen molar-refractivity contribution in [2.24, 2.45) is 0 Å². The van der Waals surface area contributed by atoms with E-state index in [1.165, 1.54) is 0 Å². The monoisotopic (exact) mass is 249 g/mol. The van der Waals surface area contributed by atoms with Gasteiger partial charge in [-0.05, 0) is 39.4 Å². The lowest BCUT2D eigenvalue weighted by Gasteiger charge is -2.19. The lowest BCUT2D eigenvalue weighted by molar-refractivity contribution is -0.00858. The zero-order chi connectivity index (χ0) is 12.4. The Hall–Kier alpha value is -0.420. The van der Waals surface area contributed by atoms with Gasteiger partial charge in [-0.3, -0.25) is 4.84 Å². The second-order valence-corrected chi connectivity index (χ2v) is 5.04. The molecule has 1 N–H and O–H groups in total. The lowest BCUT2D eigenvalue weighted by atomic mass is 10.2. The number of unbranched alkanes of at least 4 members (excludes halogenated alkanes) is 3. The summed E-state index contributed by atoms with van der Waals surface area (Å²) in [5, 5.41) is 0. The Labute approximate surface area is 103 Å². The van der Waals surface area contributed by atoms with Gasteiger partial charge in [-0.25, -0.2) is 4.79 Å². The first-order chi connectivity index (χ1) is 7.45. The van der Waals surface area contributed by atoms with Gasteiger partial charge < -0.3 is 4.74 Å². The quantitative estimate of drug-likeness (QED) is 0.414. The summed E-state index contributed by atoms with van der Waals surface area (Å²) >= 11 is 4.13. The van der Waals surface area contributed by atoms with Crippen molar-refractivity contribution in [3.63, 3.8) is 0 Å². The topological polar surface area (TPSA) is 47.6 Å². The van der Waals surface area contributed by atoms with Crippen LogP contribution in [0.1, 0.15) is 46.5 Å². The Bertz CT molecular complexity index is 192. The molecule has 4 nitrogen and oxygen atoms in total. The number of hydroxylamine groups is 1. The molecule has 0 aliphatic heterocycles. The Balaban J connectivity index is 3.28. The fourth-order valence-electron chi connectivity index (χ4n) is 1.05. The Kier molecular flexibility index (Phi) is 8.47. The van der Waals surface area contributed by atoms with Crippen molar-refractivity contribution in [1.82, 2.24) is 5.48 Å². The van der Waals surface area contributed by atoms with E-state index in [2.05, 4.69) is 18.1 Å². The molecule has 0 aromatic rings. The number of amides is 1. The highest BCUT2D eigenvalue weighted by Gasteiger charge is 2.15. The molecule has 0 radical (unpaired) electrons. The van der Waals surface area contributed by atoms with Crippen LogP contribution in [0.2, 0.25) is 0 Å². The zero-order valence-corrected chi connectivity index (χ0v) is 11.3. The van der Waals surface area contributed by atoms with Gasteiger partial charge in [-0.15, -0.1) is 0 Å². The lowest BCUT2D eigenvalue weighted by Crippen LogP contribution is -2.32. The SMILES string of the molecule is CC(C)(C)OC(=O)NOCCCCCCS. The largest absolute Gasteiger partial charge is 0.442 e. The molecule has 0 unspecified atom stereocenters. The van der Waals surface area contributed by atoms with Gasteiger partial charge in [0.2, 0.25) is 0 Å². The van der Waals surface area contributed by atoms with E-state index < -0.39 is 11.7 Å². The number of hydrogen-bond acceptors (Lipinski definition) is 4. The van der Waals surface area contributed by atoms with E-state index in [1.54, 1.807) is 0 Å². The Morgan fingerprint density at radius 1 is 1.19 bits per heavy atom. The molecule has 96 valence electrons. The highest BCUT2D eigenvalue weighted by Crippen LogP contribution is 2.06. The van der Waals surface area contributed by atoms with E-state index in [0.717, 1.165) is 31.4 Å². The first-order valence-corrected chi connectivity index (χ1v) is 6.30. The normalized spacial score (nSPS) is 11.2. The molecule has 1 amide bonds. The number of thiol groups is 1. The van der Waals surface area contributed by atoms with Crippen LogP contribution in [0, 0.1) is 0 Å². The predicted molar refractivity (Wildman–Crippen MR) is 67.6 cm³/mol. The third-order valence-electron chi connectivity index (χ3n) is 1.71. The number of ether oxygens (including phenoxy) is 1. The maximum absolute atomic E-state index is 11.1. The van der Waals surface area contributed by atoms with Crippen molar-refractivity contribution < 1.29 is 14.4 Å². The van der Waals surface area contributed by atoms with Gasteiger partial charge in [0.05, 0.1) is 6.61 Å². The van der Waals surface area contributed by atoms with E-state index in [9.17, 15) is 4.79 Å². The van der Waals surface area contributed by atoms with Crippen LogP contribution in [-0.2, 0) is 9.57 Å². The van der Waals surface area contributed by atoms with Crippen molar-refractivity contribution in [3.8, 4) is 0 Å². The molecule has 0 saturated heterocycles. The van der Waals surface area contributed by atoms with Crippen molar-refractivity contribution in [2.45, 2.75) is 52.1 Å². The standard InChI is InChI=1S/C11H23NO3S/c1-11(2,3)15-10(13)12-14-8-6-4-5-7-9-16/h16H,4-9H2,1-3H3,(H,12,13). The van der Waals surface area contributed by atoms with Crippen LogP contribution in [-0.4, -0.2) is 24.1 Å². The van der Waals surface area contributed by atoms with Gasteiger partial charge in [0.25, 0.3) is 0 Å². The molecule has 0 heterocycles. The molecule has 0 spiro atoms. The summed E-state index contributed by atoms with van der Waals surface area (Å²) in [5.74, 6) is 0.928. The smallest absolute Gasteiger partial charge is 0.431 e. The van der Waals surface area contributed by atoms with Crippen LogP contribution in [0.25, 0.3) is 0 Å². The third-order valence-corrected chi connectivity index (χ3v) is 2.03. The molecular weight excluding hydrogens is 226 g/mol. The molecule has 16 heavy (non-hydrogen) atoms. The summed E-state index contributed by atoms with van der Waals surface area (Å²) in [6.07, 6.45) is 3.77. The minimum Gasteiger partial charge on any atom is -0.442 e. The van der Waals surface area contributed by atoms with E-state index in [-0.39, 0.29) is 0 Å². The summed E-state index contributed by atoms with van der Waals surface area (Å²) in [6.45, 7) is 5.95. The highest BCUT2D eigenvalue weighted by atomic mass is 32.1. The van der Waals surface area contributed by atoms with Gasteiger partial charge in [0.1, 0.15) is 5.60 Å². The summed E-state index contributed by atoms with van der Waals surface area (Å²) in [4.78, 5) is 16.1. The summed E-state index contributed by atoms with van der Waals surface area (Å²) in [7, 11) is 0. The molecule has 0 rings (SSSR count). The maximum Gasteiger partial charge on any atom is 0.431 e. The average Bonchev–Trinajstić information content (AvgIpc) is 2.13. The van der Waals surface area contributed by atoms with E-state index in [1.807, 2.05) is 20.8 Å².